The zero-order chi connectivity index (χ0) is 15.9. The molecular weight excluding hydrogens is 278 g/mol. The molecule has 3 aromatic rings. The second-order valence-corrected chi connectivity index (χ2v) is 4.83. The molecule has 5 heteroatoms. The second kappa shape index (κ2) is 7.45. The minimum absolute atomic E-state index is 0.614. The molecule has 1 heterocycles. The third kappa shape index (κ3) is 3.55. The van der Waals surface area contributed by atoms with E-state index in [2.05, 4.69) is 40.9 Å². The molecule has 0 radical (unpaired) electrons. The number of hydrogen-bond donors (Lipinski definition) is 1. The summed E-state index contributed by atoms with van der Waals surface area (Å²) < 4.78 is 9.62. The number of aryl methyl sites for hydroxylation is 2. The number of nitrogens with zero attached hydrogens (tertiary/aromatic N) is 2. The van der Waals surface area contributed by atoms with Crippen molar-refractivity contribution in [3.8, 4) is 5.75 Å². The van der Waals surface area contributed by atoms with Gasteiger partial charge in [-0.25, -0.2) is 4.63 Å². The summed E-state index contributed by atoms with van der Waals surface area (Å²) in [5.74, 6) is 0.928. The predicted molar refractivity (Wildman–Crippen MR) is 88.0 cm³/mol. The molecule has 0 atom stereocenters. The SMILES string of the molecule is CCc1ccc(N)c2nonc12.CCc1ccc(OC)cc1. The zero-order valence-electron chi connectivity index (χ0n) is 13.2. The van der Waals surface area contributed by atoms with Crippen LogP contribution in [0.25, 0.3) is 11.0 Å². The summed E-state index contributed by atoms with van der Waals surface area (Å²) in [5.41, 5.74) is 10.2. The average molecular weight is 299 g/mol. The molecule has 3 rings (SSSR count). The average Bonchev–Trinajstić information content (AvgIpc) is 3.07. The Morgan fingerprint density at radius 1 is 0.955 bits per heavy atom. The van der Waals surface area contributed by atoms with Crippen molar-refractivity contribution in [2.45, 2.75) is 26.7 Å². The molecule has 1 aromatic heterocycles. The van der Waals surface area contributed by atoms with Crippen LogP contribution in [0.4, 0.5) is 5.69 Å². The van der Waals surface area contributed by atoms with Gasteiger partial charge >= 0.3 is 0 Å². The van der Waals surface area contributed by atoms with Crippen molar-refractivity contribution in [1.82, 2.24) is 10.3 Å². The van der Waals surface area contributed by atoms with Gasteiger partial charge in [-0.05, 0) is 52.5 Å². The number of aromatic nitrogens is 2. The van der Waals surface area contributed by atoms with E-state index in [1.165, 1.54) is 5.56 Å². The molecule has 0 aliphatic heterocycles. The minimum Gasteiger partial charge on any atom is -0.497 e. The summed E-state index contributed by atoms with van der Waals surface area (Å²) >= 11 is 0. The van der Waals surface area contributed by atoms with Crippen molar-refractivity contribution in [3.05, 3.63) is 47.5 Å². The standard InChI is InChI=1S/C9H12O.C8H9N3O/c1-3-8-4-6-9(10-2)7-5-8;1-2-5-3-4-6(9)8-7(5)10-12-11-8/h4-7H,3H2,1-2H3;3-4H,2,9H2,1H3. The lowest BCUT2D eigenvalue weighted by molar-refractivity contribution is 0.315. The summed E-state index contributed by atoms with van der Waals surface area (Å²) in [4.78, 5) is 0. The van der Waals surface area contributed by atoms with Crippen LogP contribution in [0.15, 0.2) is 41.0 Å². The van der Waals surface area contributed by atoms with E-state index in [0.29, 0.717) is 11.2 Å². The van der Waals surface area contributed by atoms with E-state index < -0.39 is 0 Å². The van der Waals surface area contributed by atoms with Crippen LogP contribution >= 0.6 is 0 Å². The maximum Gasteiger partial charge on any atom is 0.158 e. The number of fused-ring (bicyclic) bond motifs is 1. The van der Waals surface area contributed by atoms with Gasteiger partial charge in [-0.3, -0.25) is 0 Å². The number of methoxy groups -OCH3 is 1. The summed E-state index contributed by atoms with van der Waals surface area (Å²) in [6.07, 6.45) is 2.00. The van der Waals surface area contributed by atoms with Crippen molar-refractivity contribution >= 4 is 16.7 Å². The number of benzene rings is 2. The largest absolute Gasteiger partial charge is 0.497 e. The number of ether oxygens (including phenoxy) is 1. The van der Waals surface area contributed by atoms with E-state index >= 15 is 0 Å². The molecule has 0 aliphatic rings. The fourth-order valence-electron chi connectivity index (χ4n) is 2.08. The Labute approximate surface area is 130 Å². The fourth-order valence-corrected chi connectivity index (χ4v) is 2.08. The van der Waals surface area contributed by atoms with Crippen LogP contribution in [0.3, 0.4) is 0 Å². The maximum absolute atomic E-state index is 5.66. The molecule has 116 valence electrons. The van der Waals surface area contributed by atoms with Crippen molar-refractivity contribution < 1.29 is 9.37 Å². The van der Waals surface area contributed by atoms with Crippen LogP contribution in [-0.2, 0) is 12.8 Å². The number of rotatable bonds is 3. The first-order valence-corrected chi connectivity index (χ1v) is 7.32. The Bertz CT molecular complexity index is 697. The molecule has 0 bridgehead atoms. The molecule has 0 spiro atoms. The third-order valence-corrected chi connectivity index (χ3v) is 3.48. The smallest absolute Gasteiger partial charge is 0.158 e. The maximum atomic E-state index is 5.66. The zero-order valence-corrected chi connectivity index (χ0v) is 13.2. The molecule has 0 fully saturated rings. The van der Waals surface area contributed by atoms with Crippen LogP contribution < -0.4 is 10.5 Å². The Hall–Kier alpha value is -2.56. The van der Waals surface area contributed by atoms with E-state index in [0.717, 1.165) is 29.7 Å². The molecule has 0 saturated carbocycles. The van der Waals surface area contributed by atoms with E-state index in [1.807, 2.05) is 24.3 Å². The molecule has 2 N–H and O–H groups in total. The highest BCUT2D eigenvalue weighted by Crippen LogP contribution is 2.21. The molecular formula is C17H21N3O2. The van der Waals surface area contributed by atoms with E-state index in [1.54, 1.807) is 7.11 Å². The van der Waals surface area contributed by atoms with E-state index in [9.17, 15) is 0 Å². The Morgan fingerprint density at radius 2 is 1.64 bits per heavy atom. The van der Waals surface area contributed by atoms with E-state index in [4.69, 9.17) is 10.5 Å². The molecule has 0 aliphatic carbocycles. The van der Waals surface area contributed by atoms with Gasteiger partial charge in [0.15, 0.2) is 5.52 Å². The van der Waals surface area contributed by atoms with Gasteiger partial charge in [0, 0.05) is 0 Å². The van der Waals surface area contributed by atoms with E-state index in [-0.39, 0.29) is 0 Å². The number of anilines is 1. The van der Waals surface area contributed by atoms with Gasteiger partial charge < -0.3 is 10.5 Å². The van der Waals surface area contributed by atoms with Crippen LogP contribution in [0.2, 0.25) is 0 Å². The van der Waals surface area contributed by atoms with Crippen molar-refractivity contribution in [1.29, 1.82) is 0 Å². The molecule has 0 unspecified atom stereocenters. The third-order valence-electron chi connectivity index (χ3n) is 3.48. The monoisotopic (exact) mass is 299 g/mol. The summed E-state index contributed by atoms with van der Waals surface area (Å²) in [5, 5.41) is 7.50. The summed E-state index contributed by atoms with van der Waals surface area (Å²) in [6, 6.07) is 11.9. The number of nitrogen functional groups attached to an aromatic ring is 1. The predicted octanol–water partition coefficient (Wildman–Crippen LogP) is 3.63. The quantitative estimate of drug-likeness (QED) is 0.748. The number of nitrogens with two attached hydrogens (primary N) is 1. The molecule has 5 nitrogen and oxygen atoms in total. The molecule has 0 saturated heterocycles. The first-order valence-electron chi connectivity index (χ1n) is 7.32. The molecule has 22 heavy (non-hydrogen) atoms. The highest BCUT2D eigenvalue weighted by atomic mass is 16.6. The minimum atomic E-state index is 0.614. The Kier molecular flexibility index (Phi) is 5.36. The first-order chi connectivity index (χ1) is 10.7. The summed E-state index contributed by atoms with van der Waals surface area (Å²) in [6.45, 7) is 4.20. The fraction of sp³-hybridized carbons (Fsp3) is 0.294. The Morgan fingerprint density at radius 3 is 2.23 bits per heavy atom. The van der Waals surface area contributed by atoms with Crippen molar-refractivity contribution in [2.75, 3.05) is 12.8 Å². The van der Waals surface area contributed by atoms with Crippen LogP contribution in [0.5, 0.6) is 5.75 Å². The topological polar surface area (TPSA) is 74.2 Å². The van der Waals surface area contributed by atoms with Gasteiger partial charge in [0.05, 0.1) is 12.8 Å². The Balaban J connectivity index is 0.000000164. The van der Waals surface area contributed by atoms with Gasteiger partial charge in [-0.2, -0.15) is 0 Å². The molecule has 2 aromatic carbocycles. The highest BCUT2D eigenvalue weighted by molar-refractivity contribution is 5.88. The van der Waals surface area contributed by atoms with Crippen molar-refractivity contribution in [2.24, 2.45) is 0 Å². The first kappa shape index (κ1) is 15.8. The number of hydrogen-bond acceptors (Lipinski definition) is 5. The normalized spacial score (nSPS) is 10.1. The summed E-state index contributed by atoms with van der Waals surface area (Å²) in [7, 11) is 1.68. The lowest BCUT2D eigenvalue weighted by Crippen LogP contribution is -1.89. The van der Waals surface area contributed by atoms with Gasteiger partial charge in [0.2, 0.25) is 0 Å². The van der Waals surface area contributed by atoms with Gasteiger partial charge in [0.25, 0.3) is 0 Å². The van der Waals surface area contributed by atoms with Crippen molar-refractivity contribution in [3.63, 3.8) is 0 Å². The van der Waals surface area contributed by atoms with Crippen LogP contribution in [0, 0.1) is 0 Å². The van der Waals surface area contributed by atoms with Crippen LogP contribution in [0.1, 0.15) is 25.0 Å². The second-order valence-electron chi connectivity index (χ2n) is 4.83. The lowest BCUT2D eigenvalue weighted by Gasteiger charge is -1.99. The van der Waals surface area contributed by atoms with Gasteiger partial charge in [-0.15, -0.1) is 0 Å². The van der Waals surface area contributed by atoms with Gasteiger partial charge in [-0.1, -0.05) is 32.0 Å². The molecule has 0 amide bonds. The van der Waals surface area contributed by atoms with Gasteiger partial charge in [0.1, 0.15) is 11.3 Å². The van der Waals surface area contributed by atoms with Crippen LogP contribution in [-0.4, -0.2) is 17.4 Å². The lowest BCUT2D eigenvalue weighted by atomic mass is 10.1. The highest BCUT2D eigenvalue weighted by Gasteiger charge is 2.07.